The van der Waals surface area contributed by atoms with Crippen LogP contribution in [-0.4, -0.2) is 30.0 Å². The maximum Gasteiger partial charge on any atom is 0.236 e. The van der Waals surface area contributed by atoms with Crippen LogP contribution in [0.3, 0.4) is 0 Å². The van der Waals surface area contributed by atoms with Crippen molar-refractivity contribution in [3.05, 3.63) is 35.9 Å². The molecular formula is C15H22N2OS. The van der Waals surface area contributed by atoms with E-state index in [2.05, 4.69) is 17.4 Å². The molecule has 0 bridgehead atoms. The molecule has 3 N–H and O–H groups in total. The second kappa shape index (κ2) is 7.56. The molecule has 1 fully saturated rings. The summed E-state index contributed by atoms with van der Waals surface area (Å²) in [5.74, 6) is 3.02. The van der Waals surface area contributed by atoms with E-state index in [1.807, 2.05) is 30.0 Å². The normalized spacial score (nSPS) is 20.2. The predicted molar refractivity (Wildman–Crippen MR) is 81.2 cm³/mol. The van der Waals surface area contributed by atoms with Crippen molar-refractivity contribution in [1.82, 2.24) is 5.32 Å². The highest BCUT2D eigenvalue weighted by molar-refractivity contribution is 7.99. The number of benzene rings is 1. The van der Waals surface area contributed by atoms with Gasteiger partial charge in [0.1, 0.15) is 0 Å². The van der Waals surface area contributed by atoms with E-state index in [0.29, 0.717) is 12.3 Å². The molecule has 1 aliphatic heterocycles. The molecule has 1 aliphatic rings. The maximum absolute atomic E-state index is 11.9. The summed E-state index contributed by atoms with van der Waals surface area (Å²) in [5.41, 5.74) is 7.17. The fraction of sp³-hybridized carbons (Fsp3) is 0.533. The quantitative estimate of drug-likeness (QED) is 0.834. The van der Waals surface area contributed by atoms with Crippen molar-refractivity contribution >= 4 is 17.7 Å². The van der Waals surface area contributed by atoms with E-state index in [-0.39, 0.29) is 5.91 Å². The van der Waals surface area contributed by atoms with Crippen LogP contribution in [0.4, 0.5) is 0 Å². The van der Waals surface area contributed by atoms with Gasteiger partial charge in [0.25, 0.3) is 0 Å². The Hall–Kier alpha value is -1.00. The van der Waals surface area contributed by atoms with Crippen LogP contribution in [0.1, 0.15) is 18.4 Å². The van der Waals surface area contributed by atoms with Crippen LogP contribution >= 0.6 is 11.8 Å². The predicted octanol–water partition coefficient (Wildman–Crippen LogP) is 1.82. The minimum atomic E-state index is -0.394. The van der Waals surface area contributed by atoms with E-state index in [1.54, 1.807) is 0 Å². The molecule has 0 radical (unpaired) electrons. The van der Waals surface area contributed by atoms with Crippen LogP contribution in [0.5, 0.6) is 0 Å². The first kappa shape index (κ1) is 14.4. The second-order valence-corrected chi connectivity index (χ2v) is 6.26. The van der Waals surface area contributed by atoms with Gasteiger partial charge in [0.05, 0.1) is 6.04 Å². The maximum atomic E-state index is 11.9. The Morgan fingerprint density at radius 2 is 2.21 bits per heavy atom. The van der Waals surface area contributed by atoms with E-state index in [4.69, 9.17) is 5.73 Å². The summed E-state index contributed by atoms with van der Waals surface area (Å²) in [5, 5.41) is 2.98. The molecule has 19 heavy (non-hydrogen) atoms. The topological polar surface area (TPSA) is 55.1 Å². The number of amides is 1. The Balaban J connectivity index is 1.67. The Kier molecular flexibility index (Phi) is 5.73. The summed E-state index contributed by atoms with van der Waals surface area (Å²) in [6, 6.07) is 9.77. The number of nitrogens with two attached hydrogens (primary N) is 1. The van der Waals surface area contributed by atoms with E-state index in [9.17, 15) is 4.79 Å². The third kappa shape index (κ3) is 4.88. The molecule has 0 aromatic heterocycles. The average molecular weight is 278 g/mol. The van der Waals surface area contributed by atoms with Crippen molar-refractivity contribution in [3.63, 3.8) is 0 Å². The standard InChI is InChI=1S/C15H22N2OS/c16-14(7-6-12-4-2-1-3-5-12)15(18)17-10-13-8-9-19-11-13/h1-5,13-14H,6-11,16H2,(H,17,18)/t13?,14-/m0/s1. The molecule has 1 aromatic rings. The lowest BCUT2D eigenvalue weighted by atomic mass is 10.0. The molecule has 0 spiro atoms. The highest BCUT2D eigenvalue weighted by atomic mass is 32.2. The van der Waals surface area contributed by atoms with Crippen molar-refractivity contribution in [1.29, 1.82) is 0 Å². The lowest BCUT2D eigenvalue weighted by Crippen LogP contribution is -2.42. The number of carbonyl (C=O) groups excluding carboxylic acids is 1. The molecule has 1 heterocycles. The highest BCUT2D eigenvalue weighted by Crippen LogP contribution is 2.22. The third-order valence-electron chi connectivity index (χ3n) is 3.51. The van der Waals surface area contributed by atoms with Crippen LogP contribution < -0.4 is 11.1 Å². The van der Waals surface area contributed by atoms with Crippen molar-refractivity contribution in [3.8, 4) is 0 Å². The minimum absolute atomic E-state index is 0.00664. The van der Waals surface area contributed by atoms with Crippen molar-refractivity contribution in [2.75, 3.05) is 18.1 Å². The number of thioether (sulfide) groups is 1. The van der Waals surface area contributed by atoms with Gasteiger partial charge in [-0.15, -0.1) is 0 Å². The summed E-state index contributed by atoms with van der Waals surface area (Å²) in [4.78, 5) is 11.9. The smallest absolute Gasteiger partial charge is 0.236 e. The molecule has 1 unspecified atom stereocenters. The van der Waals surface area contributed by atoms with Gasteiger partial charge in [-0.2, -0.15) is 11.8 Å². The first-order valence-electron chi connectivity index (χ1n) is 6.90. The number of carbonyl (C=O) groups is 1. The van der Waals surface area contributed by atoms with Crippen LogP contribution in [0, 0.1) is 5.92 Å². The first-order valence-corrected chi connectivity index (χ1v) is 8.06. The molecule has 1 saturated heterocycles. The van der Waals surface area contributed by atoms with Gasteiger partial charge in [-0.25, -0.2) is 0 Å². The minimum Gasteiger partial charge on any atom is -0.354 e. The van der Waals surface area contributed by atoms with Crippen molar-refractivity contribution in [2.45, 2.75) is 25.3 Å². The number of hydrogen-bond acceptors (Lipinski definition) is 3. The second-order valence-electron chi connectivity index (χ2n) is 5.11. The summed E-state index contributed by atoms with van der Waals surface area (Å²) in [6.45, 7) is 0.783. The fourth-order valence-corrected chi connectivity index (χ4v) is 3.50. The van der Waals surface area contributed by atoms with Gasteiger partial charge in [-0.3, -0.25) is 4.79 Å². The summed E-state index contributed by atoms with van der Waals surface area (Å²) in [7, 11) is 0. The zero-order valence-electron chi connectivity index (χ0n) is 11.2. The lowest BCUT2D eigenvalue weighted by molar-refractivity contribution is -0.122. The molecular weight excluding hydrogens is 256 g/mol. The first-order chi connectivity index (χ1) is 9.25. The van der Waals surface area contributed by atoms with E-state index < -0.39 is 6.04 Å². The van der Waals surface area contributed by atoms with Gasteiger partial charge in [0, 0.05) is 6.54 Å². The number of nitrogens with one attached hydrogen (secondary N) is 1. The third-order valence-corrected chi connectivity index (χ3v) is 4.74. The van der Waals surface area contributed by atoms with Gasteiger partial charge in [-0.1, -0.05) is 30.3 Å². The van der Waals surface area contributed by atoms with E-state index in [1.165, 1.54) is 23.5 Å². The molecule has 0 aliphatic carbocycles. The van der Waals surface area contributed by atoms with Gasteiger partial charge >= 0.3 is 0 Å². The average Bonchev–Trinajstić information content (AvgIpc) is 2.96. The molecule has 4 heteroatoms. The Labute approximate surface area is 119 Å². The molecule has 2 atom stereocenters. The molecule has 1 aromatic carbocycles. The van der Waals surface area contributed by atoms with Crippen molar-refractivity contribution < 1.29 is 4.79 Å². The molecule has 2 rings (SSSR count). The van der Waals surface area contributed by atoms with Gasteiger partial charge in [0.15, 0.2) is 0 Å². The van der Waals surface area contributed by atoms with E-state index >= 15 is 0 Å². The largest absolute Gasteiger partial charge is 0.354 e. The Morgan fingerprint density at radius 3 is 2.89 bits per heavy atom. The Bertz CT molecular complexity index is 390. The molecule has 0 saturated carbocycles. The summed E-state index contributed by atoms with van der Waals surface area (Å²) >= 11 is 1.97. The van der Waals surface area contributed by atoms with E-state index in [0.717, 1.165) is 13.0 Å². The number of hydrogen-bond donors (Lipinski definition) is 2. The van der Waals surface area contributed by atoms with Crippen LogP contribution in [0.2, 0.25) is 0 Å². The lowest BCUT2D eigenvalue weighted by Gasteiger charge is -2.14. The number of rotatable bonds is 6. The SMILES string of the molecule is N[C@@H](CCc1ccccc1)C(=O)NCC1CCSC1. The van der Waals surface area contributed by atoms with Gasteiger partial charge in [-0.05, 0) is 42.2 Å². The van der Waals surface area contributed by atoms with Gasteiger partial charge < -0.3 is 11.1 Å². The van der Waals surface area contributed by atoms with Crippen LogP contribution in [0.25, 0.3) is 0 Å². The highest BCUT2D eigenvalue weighted by Gasteiger charge is 2.18. The summed E-state index contributed by atoms with van der Waals surface area (Å²) < 4.78 is 0. The monoisotopic (exact) mass is 278 g/mol. The zero-order valence-corrected chi connectivity index (χ0v) is 12.0. The fourth-order valence-electron chi connectivity index (χ4n) is 2.22. The number of aryl methyl sites for hydroxylation is 1. The zero-order chi connectivity index (χ0) is 13.5. The summed E-state index contributed by atoms with van der Waals surface area (Å²) in [6.07, 6.45) is 2.77. The van der Waals surface area contributed by atoms with Crippen molar-refractivity contribution in [2.24, 2.45) is 11.7 Å². The molecule has 104 valence electrons. The van der Waals surface area contributed by atoms with Crippen LogP contribution in [0.15, 0.2) is 30.3 Å². The van der Waals surface area contributed by atoms with Crippen LogP contribution in [-0.2, 0) is 11.2 Å². The Morgan fingerprint density at radius 1 is 1.42 bits per heavy atom. The molecule has 1 amide bonds. The molecule has 3 nitrogen and oxygen atoms in total. The van der Waals surface area contributed by atoms with Gasteiger partial charge in [0.2, 0.25) is 5.91 Å².